The van der Waals surface area contributed by atoms with Crippen molar-refractivity contribution in [3.63, 3.8) is 0 Å². The number of carbonyl (C=O) groups is 6. The van der Waals surface area contributed by atoms with Crippen molar-refractivity contribution in [3.05, 3.63) is 0 Å². The van der Waals surface area contributed by atoms with Crippen LogP contribution < -0.4 is 38.5 Å². The van der Waals surface area contributed by atoms with Gasteiger partial charge in [0.05, 0.1) is 19.8 Å². The summed E-state index contributed by atoms with van der Waals surface area (Å²) < 4.78 is 14.8. The molecule has 264 valence electrons. The van der Waals surface area contributed by atoms with Crippen molar-refractivity contribution in [2.45, 2.75) is 78.2 Å². The van der Waals surface area contributed by atoms with Crippen molar-refractivity contribution in [3.8, 4) is 0 Å². The fraction of sp³-hybridized carbons (Fsp3) is 0.793. The lowest BCUT2D eigenvalue weighted by molar-refractivity contribution is -0.126. The molecule has 0 saturated carbocycles. The summed E-state index contributed by atoms with van der Waals surface area (Å²) in [4.78, 5) is 67.1. The second-order valence-corrected chi connectivity index (χ2v) is 9.76. The van der Waals surface area contributed by atoms with E-state index in [2.05, 4.69) is 35.1 Å². The standard InChI is InChI=1S/C20H37N5O7.C6H14N2O2.C3H8/c1-2-25-20(6-3-11-26,7-4-18(29)23-9-12-31-14-16(21)27)8-5-19(30)24-10-13-32-15-17(22)28;1-2-8-6(9)5-10-4-3-7;1-3-2/h11,25H,2-10,12-15H2,1H3,(H2,21,27)(H2,22,28)(H,23,29)(H,24,30);2-5,7H2,1H3,(H,8,9);3H2,1-2H3. The molecule has 10 N–H and O–H groups in total. The van der Waals surface area contributed by atoms with Crippen LogP contribution in [0.1, 0.15) is 72.6 Å². The number of nitrogens with one attached hydrogen (secondary N) is 4. The van der Waals surface area contributed by atoms with Crippen molar-refractivity contribution >= 4 is 35.8 Å². The summed E-state index contributed by atoms with van der Waals surface area (Å²) in [5.41, 5.74) is 14.5. The monoisotopic (exact) mass is 649 g/mol. The molecule has 0 aliphatic carbocycles. The minimum Gasteiger partial charge on any atom is -0.370 e. The number of amides is 5. The van der Waals surface area contributed by atoms with Gasteiger partial charge in [-0.3, -0.25) is 24.0 Å². The Bertz CT molecular complexity index is 762. The maximum atomic E-state index is 12.2. The van der Waals surface area contributed by atoms with E-state index in [0.717, 1.165) is 6.29 Å². The molecule has 16 heteroatoms. The van der Waals surface area contributed by atoms with Crippen molar-refractivity contribution in [1.29, 1.82) is 0 Å². The van der Waals surface area contributed by atoms with Gasteiger partial charge in [0.25, 0.3) is 0 Å². The Labute approximate surface area is 267 Å². The summed E-state index contributed by atoms with van der Waals surface area (Å²) in [5.74, 6) is -1.64. The van der Waals surface area contributed by atoms with Gasteiger partial charge in [-0.15, -0.1) is 0 Å². The van der Waals surface area contributed by atoms with Crippen LogP contribution in [0.5, 0.6) is 0 Å². The van der Waals surface area contributed by atoms with E-state index in [9.17, 15) is 28.8 Å². The van der Waals surface area contributed by atoms with Crippen LogP contribution in [0.15, 0.2) is 0 Å². The fourth-order valence-corrected chi connectivity index (χ4v) is 3.60. The topological polar surface area (TPSA) is 256 Å². The van der Waals surface area contributed by atoms with Crippen LogP contribution in [-0.4, -0.2) is 114 Å². The first-order chi connectivity index (χ1) is 21.5. The number of rotatable bonds is 26. The molecule has 0 rings (SSSR count). The maximum absolute atomic E-state index is 12.2. The molecule has 16 nitrogen and oxygen atoms in total. The van der Waals surface area contributed by atoms with Gasteiger partial charge in [0, 0.05) is 51.0 Å². The third-order valence-corrected chi connectivity index (χ3v) is 5.45. The van der Waals surface area contributed by atoms with Crippen LogP contribution in [0.25, 0.3) is 0 Å². The van der Waals surface area contributed by atoms with Crippen LogP contribution >= 0.6 is 0 Å². The summed E-state index contributed by atoms with van der Waals surface area (Å²) in [5, 5.41) is 11.3. The minimum atomic E-state index is -0.579. The first kappa shape index (κ1) is 46.2. The number of carbonyl (C=O) groups excluding carboxylic acids is 6. The molecule has 0 aromatic carbocycles. The summed E-state index contributed by atoms with van der Waals surface area (Å²) in [7, 11) is 0. The molecule has 0 fully saturated rings. The summed E-state index contributed by atoms with van der Waals surface area (Å²) >= 11 is 0. The fourth-order valence-electron chi connectivity index (χ4n) is 3.60. The van der Waals surface area contributed by atoms with Gasteiger partial charge in [-0.1, -0.05) is 27.2 Å². The number of likely N-dealkylation sites (N-methyl/N-ethyl adjacent to an activating group) is 1. The number of ether oxygens (including phenoxy) is 3. The highest BCUT2D eigenvalue weighted by molar-refractivity contribution is 5.77. The second kappa shape index (κ2) is 33.7. The first-order valence-electron chi connectivity index (χ1n) is 15.5. The minimum absolute atomic E-state index is 0.0871. The van der Waals surface area contributed by atoms with E-state index in [-0.39, 0.29) is 76.7 Å². The van der Waals surface area contributed by atoms with Crippen molar-refractivity contribution in [2.24, 2.45) is 17.2 Å². The van der Waals surface area contributed by atoms with Gasteiger partial charge in [-0.05, 0) is 32.7 Å². The first-order valence-corrected chi connectivity index (χ1v) is 15.5. The summed E-state index contributed by atoms with van der Waals surface area (Å²) in [6.07, 6.45) is 4.15. The molecule has 0 bridgehead atoms. The molecule has 0 spiro atoms. The van der Waals surface area contributed by atoms with E-state index in [1.54, 1.807) is 0 Å². The molecule has 0 radical (unpaired) electrons. The molecule has 5 amide bonds. The SMILES string of the molecule is CCC.CCNC(=O)COCCN.CCNC(CCC=O)(CCC(=O)NCCOCC(N)=O)CCC(=O)NCCOCC(N)=O. The normalized spacial score (nSPS) is 10.3. The Morgan fingerprint density at radius 1 is 0.667 bits per heavy atom. The highest BCUT2D eigenvalue weighted by Gasteiger charge is 2.30. The Balaban J connectivity index is -0.00000113. The number of aldehydes is 1. The van der Waals surface area contributed by atoms with E-state index in [0.29, 0.717) is 51.9 Å². The maximum Gasteiger partial charge on any atom is 0.245 e. The summed E-state index contributed by atoms with van der Waals surface area (Å²) in [6, 6.07) is 0. The van der Waals surface area contributed by atoms with Crippen molar-refractivity contribution in [2.75, 3.05) is 72.4 Å². The number of nitrogens with two attached hydrogens (primary N) is 3. The third kappa shape index (κ3) is 35.2. The molecular weight excluding hydrogens is 590 g/mol. The van der Waals surface area contributed by atoms with Crippen molar-refractivity contribution in [1.82, 2.24) is 21.3 Å². The Morgan fingerprint density at radius 2 is 1.13 bits per heavy atom. The Kier molecular flexibility index (Phi) is 34.6. The molecule has 0 heterocycles. The zero-order chi connectivity index (χ0) is 34.8. The van der Waals surface area contributed by atoms with Crippen LogP contribution in [0.2, 0.25) is 0 Å². The zero-order valence-corrected chi connectivity index (χ0v) is 27.7. The average Bonchev–Trinajstić information content (AvgIpc) is 2.98. The largest absolute Gasteiger partial charge is 0.370 e. The number of hydrogen-bond donors (Lipinski definition) is 7. The smallest absolute Gasteiger partial charge is 0.245 e. The Morgan fingerprint density at radius 3 is 1.51 bits per heavy atom. The lowest BCUT2D eigenvalue weighted by Gasteiger charge is -2.34. The van der Waals surface area contributed by atoms with Crippen LogP contribution in [0, 0.1) is 0 Å². The molecule has 0 aromatic heterocycles. The van der Waals surface area contributed by atoms with Gasteiger partial charge >= 0.3 is 0 Å². The van der Waals surface area contributed by atoms with Gasteiger partial charge in [-0.2, -0.15) is 0 Å². The van der Waals surface area contributed by atoms with E-state index in [4.69, 9.17) is 31.4 Å². The molecule has 0 aliphatic heterocycles. The molecule has 0 aromatic rings. The van der Waals surface area contributed by atoms with E-state index in [1.165, 1.54) is 6.42 Å². The molecule has 0 unspecified atom stereocenters. The van der Waals surface area contributed by atoms with E-state index < -0.39 is 17.4 Å². The molecule has 45 heavy (non-hydrogen) atoms. The molecular formula is C29H59N7O9. The lowest BCUT2D eigenvalue weighted by atomic mass is 9.83. The zero-order valence-electron chi connectivity index (χ0n) is 27.7. The van der Waals surface area contributed by atoms with Crippen LogP contribution in [0.3, 0.4) is 0 Å². The quantitative estimate of drug-likeness (QED) is 0.0425. The molecule has 0 atom stereocenters. The molecule has 0 aliphatic rings. The van der Waals surface area contributed by atoms with Gasteiger partial charge < -0.3 is 57.5 Å². The van der Waals surface area contributed by atoms with Gasteiger partial charge in [0.1, 0.15) is 26.1 Å². The number of hydrogen-bond acceptors (Lipinski definition) is 11. The Hall–Kier alpha value is -3.18. The highest BCUT2D eigenvalue weighted by atomic mass is 16.5. The lowest BCUT2D eigenvalue weighted by Crippen LogP contribution is -2.47. The van der Waals surface area contributed by atoms with Crippen molar-refractivity contribution < 1.29 is 43.0 Å². The van der Waals surface area contributed by atoms with E-state index in [1.807, 2.05) is 13.8 Å². The predicted molar refractivity (Wildman–Crippen MR) is 171 cm³/mol. The van der Waals surface area contributed by atoms with Crippen LogP contribution in [0.4, 0.5) is 0 Å². The number of primary amides is 2. The van der Waals surface area contributed by atoms with Crippen LogP contribution in [-0.2, 0) is 43.0 Å². The van der Waals surface area contributed by atoms with Gasteiger partial charge in [0.2, 0.25) is 29.5 Å². The van der Waals surface area contributed by atoms with Gasteiger partial charge in [0.15, 0.2) is 0 Å². The third-order valence-electron chi connectivity index (χ3n) is 5.45. The highest BCUT2D eigenvalue weighted by Crippen LogP contribution is 2.25. The molecule has 0 saturated heterocycles. The average molecular weight is 650 g/mol. The summed E-state index contributed by atoms with van der Waals surface area (Å²) in [6.45, 7) is 10.7. The van der Waals surface area contributed by atoms with Gasteiger partial charge in [-0.25, -0.2) is 0 Å². The second-order valence-electron chi connectivity index (χ2n) is 9.76. The van der Waals surface area contributed by atoms with E-state index >= 15 is 0 Å². The predicted octanol–water partition coefficient (Wildman–Crippen LogP) is -1.38.